The Hall–Kier alpha value is -0.890. The van der Waals surface area contributed by atoms with Crippen LogP contribution < -0.4 is 10.6 Å². The van der Waals surface area contributed by atoms with Crippen LogP contribution in [0.2, 0.25) is 0 Å². The summed E-state index contributed by atoms with van der Waals surface area (Å²) in [6, 6.07) is 0.470. The van der Waals surface area contributed by atoms with E-state index in [9.17, 15) is 0 Å². The van der Waals surface area contributed by atoms with Crippen molar-refractivity contribution in [3.8, 4) is 0 Å². The van der Waals surface area contributed by atoms with Gasteiger partial charge in [0.2, 0.25) is 0 Å². The van der Waals surface area contributed by atoms with Gasteiger partial charge >= 0.3 is 0 Å². The Balaban J connectivity index is 1.69. The lowest BCUT2D eigenvalue weighted by Gasteiger charge is -2.37. The predicted molar refractivity (Wildman–Crippen MR) is 105 cm³/mol. The summed E-state index contributed by atoms with van der Waals surface area (Å²) in [7, 11) is 1.83. The number of unbranched alkanes of at least 4 members (excludes halogenated alkanes) is 1. The summed E-state index contributed by atoms with van der Waals surface area (Å²) in [6.07, 6.45) is 4.47. The third-order valence-corrected chi connectivity index (χ3v) is 5.13. The molecule has 2 heterocycles. The number of guanidine groups is 1. The molecule has 0 amide bonds. The molecule has 0 saturated carbocycles. The Bertz CT molecular complexity index is 383. The summed E-state index contributed by atoms with van der Waals surface area (Å²) in [4.78, 5) is 6.90. The molecule has 2 atom stereocenters. The number of aliphatic imine (C=N–C) groups is 1. The summed E-state index contributed by atoms with van der Waals surface area (Å²) >= 11 is 0. The molecule has 0 aromatic carbocycles. The molecular weight excluding hydrogens is 332 g/mol. The van der Waals surface area contributed by atoms with E-state index in [0.717, 1.165) is 91.0 Å². The van der Waals surface area contributed by atoms with Crippen molar-refractivity contribution >= 4 is 5.96 Å². The number of rotatable bonds is 11. The zero-order valence-electron chi connectivity index (χ0n) is 16.7. The Morgan fingerprint density at radius 1 is 1.15 bits per heavy atom. The van der Waals surface area contributed by atoms with E-state index in [2.05, 4.69) is 27.4 Å². The van der Waals surface area contributed by atoms with Crippen molar-refractivity contribution in [3.05, 3.63) is 0 Å². The molecule has 152 valence electrons. The second kappa shape index (κ2) is 13.3. The van der Waals surface area contributed by atoms with Gasteiger partial charge in [-0.3, -0.25) is 9.89 Å². The van der Waals surface area contributed by atoms with Crippen molar-refractivity contribution in [2.75, 3.05) is 72.9 Å². The van der Waals surface area contributed by atoms with E-state index in [4.69, 9.17) is 14.2 Å². The first kappa shape index (κ1) is 21.4. The van der Waals surface area contributed by atoms with Crippen molar-refractivity contribution in [2.45, 2.75) is 38.6 Å². The van der Waals surface area contributed by atoms with Gasteiger partial charge in [-0.05, 0) is 19.3 Å². The van der Waals surface area contributed by atoms with E-state index in [1.54, 1.807) is 0 Å². The van der Waals surface area contributed by atoms with Crippen LogP contribution in [-0.4, -0.2) is 89.8 Å². The molecule has 26 heavy (non-hydrogen) atoms. The number of nitrogens with zero attached hydrogens (tertiary/aromatic N) is 2. The van der Waals surface area contributed by atoms with Crippen LogP contribution in [0.1, 0.15) is 32.6 Å². The molecule has 7 nitrogen and oxygen atoms in total. The van der Waals surface area contributed by atoms with E-state index in [1.165, 1.54) is 6.42 Å². The van der Waals surface area contributed by atoms with Crippen molar-refractivity contribution in [3.63, 3.8) is 0 Å². The van der Waals surface area contributed by atoms with Gasteiger partial charge in [0.25, 0.3) is 0 Å². The van der Waals surface area contributed by atoms with Gasteiger partial charge in [0.1, 0.15) is 0 Å². The van der Waals surface area contributed by atoms with Crippen LogP contribution in [0.25, 0.3) is 0 Å². The van der Waals surface area contributed by atoms with Crippen molar-refractivity contribution in [1.82, 2.24) is 15.5 Å². The van der Waals surface area contributed by atoms with E-state index < -0.39 is 0 Å². The Morgan fingerprint density at radius 3 is 2.65 bits per heavy atom. The van der Waals surface area contributed by atoms with Crippen LogP contribution >= 0.6 is 0 Å². The van der Waals surface area contributed by atoms with Crippen LogP contribution in [0.3, 0.4) is 0 Å². The maximum absolute atomic E-state index is 5.64. The molecule has 2 fully saturated rings. The first-order valence-electron chi connectivity index (χ1n) is 10.3. The number of morpholine rings is 1. The molecule has 2 aliphatic heterocycles. The van der Waals surface area contributed by atoms with Gasteiger partial charge in [-0.25, -0.2) is 0 Å². The van der Waals surface area contributed by atoms with Gasteiger partial charge in [0, 0.05) is 65.0 Å². The first-order valence-corrected chi connectivity index (χ1v) is 10.3. The maximum Gasteiger partial charge on any atom is 0.191 e. The molecule has 2 aliphatic rings. The molecule has 2 N–H and O–H groups in total. The lowest BCUT2D eigenvalue weighted by Crippen LogP contribution is -2.53. The lowest BCUT2D eigenvalue weighted by atomic mass is 9.97. The van der Waals surface area contributed by atoms with Crippen LogP contribution in [0.15, 0.2) is 4.99 Å². The molecule has 0 aromatic heterocycles. The van der Waals surface area contributed by atoms with E-state index in [1.807, 2.05) is 7.05 Å². The Labute approximate surface area is 158 Å². The number of hydrogen-bond donors (Lipinski definition) is 2. The minimum Gasteiger partial charge on any atom is -0.381 e. The quantitative estimate of drug-likeness (QED) is 0.322. The van der Waals surface area contributed by atoms with Crippen molar-refractivity contribution in [1.29, 1.82) is 0 Å². The van der Waals surface area contributed by atoms with E-state index in [0.29, 0.717) is 12.0 Å². The minimum atomic E-state index is 0.470. The molecule has 2 rings (SSSR count). The molecule has 2 saturated heterocycles. The topological polar surface area (TPSA) is 67.3 Å². The van der Waals surface area contributed by atoms with Crippen LogP contribution in [0.5, 0.6) is 0 Å². The normalized spacial score (nSPS) is 23.2. The van der Waals surface area contributed by atoms with Crippen molar-refractivity contribution in [2.24, 2.45) is 10.9 Å². The van der Waals surface area contributed by atoms with Gasteiger partial charge in [-0.2, -0.15) is 0 Å². The van der Waals surface area contributed by atoms with Crippen LogP contribution in [-0.2, 0) is 14.2 Å². The number of hydrogen-bond acceptors (Lipinski definition) is 5. The molecule has 2 unspecified atom stereocenters. The van der Waals surface area contributed by atoms with Gasteiger partial charge in [0.05, 0.1) is 19.8 Å². The minimum absolute atomic E-state index is 0.470. The van der Waals surface area contributed by atoms with Gasteiger partial charge < -0.3 is 24.8 Å². The van der Waals surface area contributed by atoms with Gasteiger partial charge in [0.15, 0.2) is 5.96 Å². The molecular formula is C19H38N4O3. The standard InChI is InChI=1S/C19H38N4O3/c1-3-4-10-24-11-5-7-21-19(20-2)22-15-18(17-6-12-26-16-17)23-8-13-25-14-9-23/h17-18H,3-16H2,1-2H3,(H2,20,21,22). The monoisotopic (exact) mass is 370 g/mol. The summed E-state index contributed by atoms with van der Waals surface area (Å²) in [5.74, 6) is 1.46. The summed E-state index contributed by atoms with van der Waals surface area (Å²) in [6.45, 7) is 11.0. The summed E-state index contributed by atoms with van der Waals surface area (Å²) in [5.41, 5.74) is 0. The second-order valence-electron chi connectivity index (χ2n) is 7.04. The molecule has 0 spiro atoms. The smallest absolute Gasteiger partial charge is 0.191 e. The van der Waals surface area contributed by atoms with Gasteiger partial charge in [-0.15, -0.1) is 0 Å². The van der Waals surface area contributed by atoms with E-state index in [-0.39, 0.29) is 0 Å². The highest BCUT2D eigenvalue weighted by Gasteiger charge is 2.31. The fraction of sp³-hybridized carbons (Fsp3) is 0.947. The van der Waals surface area contributed by atoms with Crippen molar-refractivity contribution < 1.29 is 14.2 Å². The predicted octanol–water partition coefficient (Wildman–Crippen LogP) is 1.10. The summed E-state index contributed by atoms with van der Waals surface area (Å²) in [5, 5.41) is 6.91. The lowest BCUT2D eigenvalue weighted by molar-refractivity contribution is 0.00246. The first-order chi connectivity index (χ1) is 12.8. The Kier molecular flexibility index (Phi) is 11.0. The highest BCUT2D eigenvalue weighted by molar-refractivity contribution is 5.79. The maximum atomic E-state index is 5.64. The molecule has 0 aromatic rings. The third-order valence-electron chi connectivity index (χ3n) is 5.13. The number of nitrogens with one attached hydrogen (secondary N) is 2. The third kappa shape index (κ3) is 7.78. The second-order valence-corrected chi connectivity index (χ2v) is 7.04. The highest BCUT2D eigenvalue weighted by Crippen LogP contribution is 2.21. The largest absolute Gasteiger partial charge is 0.381 e. The van der Waals surface area contributed by atoms with Gasteiger partial charge in [-0.1, -0.05) is 13.3 Å². The SMILES string of the molecule is CCCCOCCCNC(=NC)NCC(C1CCOC1)N1CCOCC1. The van der Waals surface area contributed by atoms with E-state index >= 15 is 0 Å². The average molecular weight is 371 g/mol. The molecule has 0 radical (unpaired) electrons. The zero-order valence-corrected chi connectivity index (χ0v) is 16.7. The van der Waals surface area contributed by atoms with Crippen LogP contribution in [0.4, 0.5) is 0 Å². The zero-order chi connectivity index (χ0) is 18.5. The molecule has 7 heteroatoms. The Morgan fingerprint density at radius 2 is 1.96 bits per heavy atom. The fourth-order valence-corrected chi connectivity index (χ4v) is 3.51. The molecule has 0 aliphatic carbocycles. The fourth-order valence-electron chi connectivity index (χ4n) is 3.51. The number of ether oxygens (including phenoxy) is 3. The summed E-state index contributed by atoms with van der Waals surface area (Å²) < 4.78 is 16.8. The average Bonchev–Trinajstić information content (AvgIpc) is 3.21. The molecule has 0 bridgehead atoms. The highest BCUT2D eigenvalue weighted by atomic mass is 16.5. The van der Waals surface area contributed by atoms with Crippen LogP contribution in [0, 0.1) is 5.92 Å².